The Balaban J connectivity index is 2.17. The van der Waals surface area contributed by atoms with Crippen molar-refractivity contribution < 1.29 is 9.53 Å². The van der Waals surface area contributed by atoms with Crippen LogP contribution in [0.4, 0.5) is 0 Å². The topological polar surface area (TPSA) is 39.2 Å². The monoisotopic (exact) mass is 247 g/mol. The number of aromatic nitrogens is 1. The molecule has 1 heterocycles. The Bertz CT molecular complexity index is 411. The summed E-state index contributed by atoms with van der Waals surface area (Å²) < 4.78 is 5.48. The number of methoxy groups -OCH3 is 1. The summed E-state index contributed by atoms with van der Waals surface area (Å²) in [5.41, 5.74) is 1.68. The number of ether oxygens (including phenoxy) is 1. The predicted molar refractivity (Wildman–Crippen MR) is 70.7 cm³/mol. The highest BCUT2D eigenvalue weighted by atomic mass is 16.5. The number of carbonyl (C=O) groups is 1. The van der Waals surface area contributed by atoms with Gasteiger partial charge < -0.3 is 4.74 Å². The van der Waals surface area contributed by atoms with E-state index in [1.54, 1.807) is 19.5 Å². The van der Waals surface area contributed by atoms with Crippen LogP contribution in [0.2, 0.25) is 0 Å². The number of aryl methyl sites for hydroxylation is 1. The van der Waals surface area contributed by atoms with Crippen LogP contribution in [0.3, 0.4) is 0 Å². The molecule has 0 amide bonds. The summed E-state index contributed by atoms with van der Waals surface area (Å²) in [7, 11) is 1.64. The minimum Gasteiger partial charge on any atom is -0.373 e. The van der Waals surface area contributed by atoms with E-state index in [2.05, 4.69) is 4.98 Å². The molecule has 0 aliphatic heterocycles. The fourth-order valence-electron chi connectivity index (χ4n) is 2.83. The van der Waals surface area contributed by atoms with Gasteiger partial charge in [-0.25, -0.2) is 0 Å². The third-order valence-corrected chi connectivity index (χ3v) is 3.89. The van der Waals surface area contributed by atoms with E-state index in [1.165, 1.54) is 19.3 Å². The van der Waals surface area contributed by atoms with E-state index < -0.39 is 0 Å². The van der Waals surface area contributed by atoms with Crippen LogP contribution in [0.1, 0.15) is 48.0 Å². The molecule has 0 bridgehead atoms. The molecular weight excluding hydrogens is 226 g/mol. The Morgan fingerprint density at radius 1 is 1.39 bits per heavy atom. The fraction of sp³-hybridized carbons (Fsp3) is 0.600. The van der Waals surface area contributed by atoms with Crippen molar-refractivity contribution >= 4 is 5.78 Å². The first-order valence-corrected chi connectivity index (χ1v) is 6.71. The van der Waals surface area contributed by atoms with Gasteiger partial charge in [0.05, 0.1) is 0 Å². The molecule has 18 heavy (non-hydrogen) atoms. The molecule has 1 aromatic rings. The molecule has 1 aliphatic carbocycles. The average Bonchev–Trinajstić information content (AvgIpc) is 2.41. The maximum absolute atomic E-state index is 12.5. The third kappa shape index (κ3) is 2.78. The van der Waals surface area contributed by atoms with E-state index in [9.17, 15) is 4.79 Å². The Labute approximate surface area is 109 Å². The van der Waals surface area contributed by atoms with Crippen LogP contribution >= 0.6 is 0 Å². The zero-order valence-corrected chi connectivity index (χ0v) is 11.2. The van der Waals surface area contributed by atoms with Gasteiger partial charge in [0.25, 0.3) is 0 Å². The van der Waals surface area contributed by atoms with Gasteiger partial charge in [0.15, 0.2) is 5.78 Å². The molecule has 98 valence electrons. The van der Waals surface area contributed by atoms with Crippen LogP contribution in [-0.2, 0) is 4.74 Å². The van der Waals surface area contributed by atoms with Gasteiger partial charge in [0.2, 0.25) is 0 Å². The number of rotatable bonds is 4. The standard InChI is InChI=1S/C15H21NO2/c1-11-8-9-16-10-13(11)14(17)15(18-2)12-6-4-3-5-7-12/h8-10,12,15H,3-7H2,1-2H3. The van der Waals surface area contributed by atoms with Gasteiger partial charge in [-0.1, -0.05) is 19.3 Å². The van der Waals surface area contributed by atoms with Crippen LogP contribution < -0.4 is 0 Å². The first-order chi connectivity index (χ1) is 8.74. The van der Waals surface area contributed by atoms with Crippen molar-refractivity contribution in [2.75, 3.05) is 7.11 Å². The molecule has 1 aliphatic rings. The number of hydrogen-bond donors (Lipinski definition) is 0. The molecule has 0 aromatic carbocycles. The van der Waals surface area contributed by atoms with Crippen LogP contribution in [0.25, 0.3) is 0 Å². The van der Waals surface area contributed by atoms with Gasteiger partial charge in [-0.15, -0.1) is 0 Å². The first-order valence-electron chi connectivity index (χ1n) is 6.71. The first kappa shape index (κ1) is 13.2. The van der Waals surface area contributed by atoms with Crippen molar-refractivity contribution in [3.63, 3.8) is 0 Å². The van der Waals surface area contributed by atoms with E-state index in [-0.39, 0.29) is 11.9 Å². The maximum Gasteiger partial charge on any atom is 0.193 e. The molecule has 1 fully saturated rings. The van der Waals surface area contributed by atoms with Gasteiger partial charge in [-0.05, 0) is 37.3 Å². The highest BCUT2D eigenvalue weighted by molar-refractivity contribution is 6.00. The Morgan fingerprint density at radius 3 is 2.72 bits per heavy atom. The lowest BCUT2D eigenvalue weighted by Gasteiger charge is -2.28. The van der Waals surface area contributed by atoms with Crippen LogP contribution in [0.15, 0.2) is 18.5 Å². The van der Waals surface area contributed by atoms with Gasteiger partial charge in [0, 0.05) is 25.1 Å². The number of hydrogen-bond acceptors (Lipinski definition) is 3. The molecule has 1 atom stereocenters. The zero-order chi connectivity index (χ0) is 13.0. The molecule has 1 saturated carbocycles. The predicted octanol–water partition coefficient (Wildman–Crippen LogP) is 3.17. The smallest absolute Gasteiger partial charge is 0.193 e. The Kier molecular flexibility index (Phi) is 4.48. The summed E-state index contributed by atoms with van der Waals surface area (Å²) in [5.74, 6) is 0.464. The Hall–Kier alpha value is -1.22. The second kappa shape index (κ2) is 6.10. The van der Waals surface area contributed by atoms with Crippen molar-refractivity contribution in [3.05, 3.63) is 29.6 Å². The highest BCUT2D eigenvalue weighted by Crippen LogP contribution is 2.29. The number of nitrogens with zero attached hydrogens (tertiary/aromatic N) is 1. The van der Waals surface area contributed by atoms with Crippen molar-refractivity contribution in [2.45, 2.75) is 45.1 Å². The number of Topliss-reactive ketones (excluding diaryl/α,β-unsaturated/α-hetero) is 1. The van der Waals surface area contributed by atoms with Gasteiger partial charge in [0.1, 0.15) is 6.10 Å². The SMILES string of the molecule is COC(C(=O)c1cnccc1C)C1CCCCC1. The second-order valence-electron chi connectivity index (χ2n) is 5.11. The molecule has 0 spiro atoms. The lowest BCUT2D eigenvalue weighted by molar-refractivity contribution is 0.0313. The summed E-state index contributed by atoms with van der Waals surface area (Å²) in [4.78, 5) is 16.6. The Morgan fingerprint density at radius 2 is 2.11 bits per heavy atom. The van der Waals surface area contributed by atoms with Gasteiger partial charge in [-0.3, -0.25) is 9.78 Å². The molecule has 3 heteroatoms. The third-order valence-electron chi connectivity index (χ3n) is 3.89. The quantitative estimate of drug-likeness (QED) is 0.767. The lowest BCUT2D eigenvalue weighted by Crippen LogP contribution is -2.33. The van der Waals surface area contributed by atoms with Crippen molar-refractivity contribution in [1.29, 1.82) is 0 Å². The maximum atomic E-state index is 12.5. The lowest BCUT2D eigenvalue weighted by atomic mass is 9.82. The van der Waals surface area contributed by atoms with Gasteiger partial charge >= 0.3 is 0 Å². The number of carbonyl (C=O) groups excluding carboxylic acids is 1. The average molecular weight is 247 g/mol. The van der Waals surface area contributed by atoms with Crippen molar-refractivity contribution in [1.82, 2.24) is 4.98 Å². The fourth-order valence-corrected chi connectivity index (χ4v) is 2.83. The minimum absolute atomic E-state index is 0.0926. The molecular formula is C15H21NO2. The molecule has 1 aromatic heterocycles. The molecule has 3 nitrogen and oxygen atoms in total. The minimum atomic E-state index is -0.298. The highest BCUT2D eigenvalue weighted by Gasteiger charge is 2.30. The summed E-state index contributed by atoms with van der Waals surface area (Å²) in [6.07, 6.45) is 8.99. The number of pyridine rings is 1. The van der Waals surface area contributed by atoms with Crippen LogP contribution in [-0.4, -0.2) is 24.0 Å². The molecule has 1 unspecified atom stereocenters. The molecule has 2 rings (SSSR count). The number of ketones is 1. The van der Waals surface area contributed by atoms with Crippen molar-refractivity contribution in [3.8, 4) is 0 Å². The molecule has 0 N–H and O–H groups in total. The van der Waals surface area contributed by atoms with E-state index in [0.29, 0.717) is 11.5 Å². The summed E-state index contributed by atoms with van der Waals surface area (Å²) in [5, 5.41) is 0. The summed E-state index contributed by atoms with van der Waals surface area (Å²) in [6, 6.07) is 1.88. The van der Waals surface area contributed by atoms with E-state index in [0.717, 1.165) is 18.4 Å². The normalized spacial score (nSPS) is 18.6. The van der Waals surface area contributed by atoms with E-state index >= 15 is 0 Å². The van der Waals surface area contributed by atoms with E-state index in [1.807, 2.05) is 13.0 Å². The largest absolute Gasteiger partial charge is 0.373 e. The second-order valence-corrected chi connectivity index (χ2v) is 5.11. The molecule has 0 saturated heterocycles. The van der Waals surface area contributed by atoms with Crippen LogP contribution in [0, 0.1) is 12.8 Å². The summed E-state index contributed by atoms with van der Waals surface area (Å²) >= 11 is 0. The summed E-state index contributed by atoms with van der Waals surface area (Å²) in [6.45, 7) is 1.95. The van der Waals surface area contributed by atoms with Gasteiger partial charge in [-0.2, -0.15) is 0 Å². The molecule has 0 radical (unpaired) electrons. The van der Waals surface area contributed by atoms with E-state index in [4.69, 9.17) is 4.74 Å². The van der Waals surface area contributed by atoms with Crippen LogP contribution in [0.5, 0.6) is 0 Å². The van der Waals surface area contributed by atoms with Crippen molar-refractivity contribution in [2.24, 2.45) is 5.92 Å². The zero-order valence-electron chi connectivity index (χ0n) is 11.2.